The van der Waals surface area contributed by atoms with E-state index in [1.807, 2.05) is 61.5 Å². The number of nitrogens with zero attached hydrogens (tertiary/aromatic N) is 2. The quantitative estimate of drug-likeness (QED) is 0.435. The van der Waals surface area contributed by atoms with E-state index in [1.54, 1.807) is 21.0 Å². The maximum atomic E-state index is 12.9. The number of benzene rings is 2. The Morgan fingerprint density at radius 2 is 1.77 bits per heavy atom. The summed E-state index contributed by atoms with van der Waals surface area (Å²) in [6, 6.07) is 16.0. The average molecular weight is 495 g/mol. The van der Waals surface area contributed by atoms with Crippen LogP contribution in [0.15, 0.2) is 54.6 Å². The molecule has 3 rings (SSSR count). The van der Waals surface area contributed by atoms with Gasteiger partial charge in [-0.15, -0.1) is 0 Å². The van der Waals surface area contributed by atoms with Crippen molar-refractivity contribution in [1.82, 2.24) is 15.2 Å². The fraction of sp³-hybridized carbons (Fsp3) is 0.308. The number of hydrogen-bond donors (Lipinski definition) is 2. The predicted octanol–water partition coefficient (Wildman–Crippen LogP) is 4.41. The highest BCUT2D eigenvalue weighted by atomic mass is 32.1. The molecule has 1 heterocycles. The first-order chi connectivity index (χ1) is 16.8. The van der Waals surface area contributed by atoms with Crippen LogP contribution in [0.2, 0.25) is 0 Å². The summed E-state index contributed by atoms with van der Waals surface area (Å²) in [5.41, 5.74) is 1.33. The minimum atomic E-state index is -0.714. The van der Waals surface area contributed by atoms with Gasteiger partial charge in [0.2, 0.25) is 11.8 Å². The Morgan fingerprint density at radius 3 is 2.46 bits per heavy atom. The van der Waals surface area contributed by atoms with Crippen LogP contribution in [0.25, 0.3) is 0 Å². The highest BCUT2D eigenvalue weighted by Crippen LogP contribution is 2.24. The lowest BCUT2D eigenvalue weighted by atomic mass is 10.1. The minimum absolute atomic E-state index is 0.108. The Balaban J connectivity index is 1.62. The van der Waals surface area contributed by atoms with Crippen molar-refractivity contribution >= 4 is 34.2 Å². The van der Waals surface area contributed by atoms with E-state index in [1.165, 1.54) is 4.90 Å². The molecule has 0 unspecified atom stereocenters. The van der Waals surface area contributed by atoms with Gasteiger partial charge >= 0.3 is 0 Å². The van der Waals surface area contributed by atoms with Gasteiger partial charge < -0.3 is 20.3 Å². The van der Waals surface area contributed by atoms with E-state index in [2.05, 4.69) is 15.6 Å². The Hall–Kier alpha value is -3.72. The van der Waals surface area contributed by atoms with E-state index in [9.17, 15) is 14.4 Å². The number of carbonyl (C=O) groups excluding carboxylic acids is 3. The number of thiazole rings is 1. The largest absolute Gasteiger partial charge is 0.457 e. The number of amides is 3. The third-order valence-electron chi connectivity index (χ3n) is 5.10. The second-order valence-electron chi connectivity index (χ2n) is 8.27. The van der Waals surface area contributed by atoms with Gasteiger partial charge in [-0.25, -0.2) is 4.98 Å². The van der Waals surface area contributed by atoms with Gasteiger partial charge in [-0.3, -0.25) is 14.4 Å². The number of ether oxygens (including phenoxy) is 1. The van der Waals surface area contributed by atoms with Crippen molar-refractivity contribution in [2.45, 2.75) is 39.2 Å². The summed E-state index contributed by atoms with van der Waals surface area (Å²) in [6.45, 7) is 3.67. The number of carbonyl (C=O) groups is 3. The van der Waals surface area contributed by atoms with Crippen LogP contribution < -0.4 is 15.4 Å². The molecule has 3 aromatic rings. The Bertz CT molecular complexity index is 1180. The fourth-order valence-electron chi connectivity index (χ4n) is 3.38. The molecule has 2 N–H and O–H groups in total. The van der Waals surface area contributed by atoms with Gasteiger partial charge in [-0.2, -0.15) is 0 Å². The van der Waals surface area contributed by atoms with Gasteiger partial charge in [0.15, 0.2) is 5.13 Å². The molecule has 1 atom stereocenters. The third kappa shape index (κ3) is 7.38. The second-order valence-corrected chi connectivity index (χ2v) is 9.27. The molecule has 0 aliphatic rings. The molecular formula is C26H30N4O4S. The first-order valence-electron chi connectivity index (χ1n) is 11.4. The molecule has 0 spiro atoms. The molecule has 184 valence electrons. The van der Waals surface area contributed by atoms with Crippen LogP contribution >= 0.6 is 11.3 Å². The van der Waals surface area contributed by atoms with E-state index in [-0.39, 0.29) is 24.1 Å². The number of anilines is 1. The molecule has 2 aromatic carbocycles. The van der Waals surface area contributed by atoms with Crippen LogP contribution in [0, 0.1) is 6.92 Å². The van der Waals surface area contributed by atoms with Crippen molar-refractivity contribution in [3.8, 4) is 11.5 Å². The normalized spacial score (nSPS) is 11.4. The molecule has 3 amide bonds. The zero-order valence-electron chi connectivity index (χ0n) is 20.3. The lowest BCUT2D eigenvalue weighted by Gasteiger charge is -2.17. The SMILES string of the molecule is CCC[C@H](NC(=O)Cc1cccc(Oc2ccccc2)c1)C(=O)Nc1nc(C)c(C(=O)N(C)C)s1. The van der Waals surface area contributed by atoms with E-state index in [0.717, 1.165) is 16.9 Å². The summed E-state index contributed by atoms with van der Waals surface area (Å²) in [6.07, 6.45) is 1.29. The Morgan fingerprint density at radius 1 is 1.06 bits per heavy atom. The summed E-state index contributed by atoms with van der Waals surface area (Å²) >= 11 is 1.12. The average Bonchev–Trinajstić information content (AvgIpc) is 3.18. The molecule has 35 heavy (non-hydrogen) atoms. The zero-order valence-corrected chi connectivity index (χ0v) is 21.1. The molecule has 0 saturated heterocycles. The zero-order chi connectivity index (χ0) is 25.4. The van der Waals surface area contributed by atoms with Gasteiger partial charge in [-0.1, -0.05) is 55.0 Å². The van der Waals surface area contributed by atoms with Crippen LogP contribution in [0.4, 0.5) is 5.13 Å². The van der Waals surface area contributed by atoms with Gasteiger partial charge in [0.25, 0.3) is 5.91 Å². The predicted molar refractivity (Wildman–Crippen MR) is 137 cm³/mol. The number of aromatic nitrogens is 1. The Kier molecular flexibility index (Phi) is 8.97. The molecule has 0 bridgehead atoms. The fourth-order valence-corrected chi connectivity index (χ4v) is 4.37. The van der Waals surface area contributed by atoms with Gasteiger partial charge in [0.1, 0.15) is 22.4 Å². The molecule has 8 nitrogen and oxygen atoms in total. The van der Waals surface area contributed by atoms with Crippen LogP contribution in [0.3, 0.4) is 0 Å². The smallest absolute Gasteiger partial charge is 0.265 e. The van der Waals surface area contributed by atoms with Crippen LogP contribution in [-0.2, 0) is 16.0 Å². The molecule has 0 aliphatic carbocycles. The van der Waals surface area contributed by atoms with Crippen molar-refractivity contribution < 1.29 is 19.1 Å². The van der Waals surface area contributed by atoms with E-state index < -0.39 is 6.04 Å². The number of hydrogen-bond acceptors (Lipinski definition) is 6. The highest BCUT2D eigenvalue weighted by Gasteiger charge is 2.23. The van der Waals surface area contributed by atoms with Crippen molar-refractivity contribution in [2.75, 3.05) is 19.4 Å². The lowest BCUT2D eigenvalue weighted by molar-refractivity contribution is -0.126. The maximum absolute atomic E-state index is 12.9. The Labute approximate surface area is 209 Å². The van der Waals surface area contributed by atoms with Crippen molar-refractivity contribution in [2.24, 2.45) is 0 Å². The van der Waals surface area contributed by atoms with Crippen LogP contribution in [-0.4, -0.2) is 47.7 Å². The van der Waals surface area contributed by atoms with Gasteiger partial charge in [0, 0.05) is 14.1 Å². The number of rotatable bonds is 10. The standard InChI is InChI=1S/C26H30N4O4S/c1-5-10-21(24(32)29-26-27-17(2)23(35-26)25(33)30(3)4)28-22(31)16-18-11-9-14-20(15-18)34-19-12-7-6-8-13-19/h6-9,11-15,21H,5,10,16H2,1-4H3,(H,28,31)(H,27,29,32)/t21-/m0/s1. The summed E-state index contributed by atoms with van der Waals surface area (Å²) in [7, 11) is 3.33. The van der Waals surface area contributed by atoms with Crippen LogP contribution in [0.5, 0.6) is 11.5 Å². The first-order valence-corrected chi connectivity index (χ1v) is 12.2. The van der Waals surface area contributed by atoms with Gasteiger partial charge in [0.05, 0.1) is 12.1 Å². The topological polar surface area (TPSA) is 101 Å². The molecule has 0 radical (unpaired) electrons. The van der Waals surface area contributed by atoms with Crippen molar-refractivity contribution in [3.63, 3.8) is 0 Å². The van der Waals surface area contributed by atoms with Gasteiger partial charge in [-0.05, 0) is 43.2 Å². The second kappa shape index (κ2) is 12.1. The number of nitrogens with one attached hydrogen (secondary N) is 2. The van der Waals surface area contributed by atoms with Crippen molar-refractivity contribution in [3.05, 3.63) is 70.7 Å². The van der Waals surface area contributed by atoms with E-state index >= 15 is 0 Å². The van der Waals surface area contributed by atoms with Crippen LogP contribution in [0.1, 0.15) is 40.7 Å². The van der Waals surface area contributed by atoms with E-state index in [0.29, 0.717) is 40.0 Å². The monoisotopic (exact) mass is 494 g/mol. The van der Waals surface area contributed by atoms with Crippen molar-refractivity contribution in [1.29, 1.82) is 0 Å². The third-order valence-corrected chi connectivity index (χ3v) is 6.16. The maximum Gasteiger partial charge on any atom is 0.265 e. The molecular weight excluding hydrogens is 464 g/mol. The summed E-state index contributed by atoms with van der Waals surface area (Å²) < 4.78 is 5.84. The molecule has 0 saturated carbocycles. The molecule has 0 fully saturated rings. The molecule has 1 aromatic heterocycles. The summed E-state index contributed by atoms with van der Waals surface area (Å²) in [4.78, 5) is 44.1. The van der Waals surface area contributed by atoms with E-state index in [4.69, 9.17) is 4.74 Å². The minimum Gasteiger partial charge on any atom is -0.457 e. The first kappa shape index (κ1) is 25.9. The molecule has 0 aliphatic heterocycles. The molecule has 9 heteroatoms. The lowest BCUT2D eigenvalue weighted by Crippen LogP contribution is -2.44. The summed E-state index contributed by atoms with van der Waals surface area (Å²) in [5, 5.41) is 5.91. The highest BCUT2D eigenvalue weighted by molar-refractivity contribution is 7.17. The number of para-hydroxylation sites is 1. The number of aryl methyl sites for hydroxylation is 1. The summed E-state index contributed by atoms with van der Waals surface area (Å²) in [5.74, 6) is 0.541.